The Balaban J connectivity index is 2.15. The van der Waals surface area contributed by atoms with Crippen molar-refractivity contribution in [3.63, 3.8) is 0 Å². The molecule has 5 nitrogen and oxygen atoms in total. The highest BCUT2D eigenvalue weighted by molar-refractivity contribution is 6.62. The zero-order valence-electron chi connectivity index (χ0n) is 13.8. The SMILES string of the molecule is CCOC(=O)C=Cc1cncc(B2OC(C)(C)C(C)(C)O2)c1. The Bertz CT molecular complexity index is 567. The van der Waals surface area contributed by atoms with Crippen LogP contribution in [0.25, 0.3) is 6.08 Å². The van der Waals surface area contributed by atoms with Gasteiger partial charge < -0.3 is 14.0 Å². The minimum atomic E-state index is -0.464. The molecule has 0 atom stereocenters. The molecule has 6 heteroatoms. The van der Waals surface area contributed by atoms with Gasteiger partial charge in [0.15, 0.2) is 0 Å². The molecule has 2 rings (SSSR count). The Morgan fingerprint density at radius 1 is 1.27 bits per heavy atom. The van der Waals surface area contributed by atoms with Crippen molar-refractivity contribution in [2.24, 2.45) is 0 Å². The second-order valence-electron chi connectivity index (χ2n) is 6.23. The normalized spacial score (nSPS) is 19.6. The molecule has 0 unspecified atom stereocenters. The first kappa shape index (κ1) is 16.7. The first-order chi connectivity index (χ1) is 10.2. The summed E-state index contributed by atoms with van der Waals surface area (Å²) in [6, 6.07) is 1.89. The fourth-order valence-electron chi connectivity index (χ4n) is 2.03. The van der Waals surface area contributed by atoms with Crippen LogP contribution in [0.5, 0.6) is 0 Å². The molecule has 118 valence electrons. The van der Waals surface area contributed by atoms with E-state index in [1.807, 2.05) is 33.8 Å². The van der Waals surface area contributed by atoms with Crippen molar-refractivity contribution in [1.82, 2.24) is 4.98 Å². The largest absolute Gasteiger partial charge is 0.496 e. The minimum Gasteiger partial charge on any atom is -0.463 e. The Labute approximate surface area is 131 Å². The number of pyridine rings is 1. The maximum atomic E-state index is 11.3. The molecule has 0 amide bonds. The van der Waals surface area contributed by atoms with Crippen LogP contribution < -0.4 is 5.46 Å². The minimum absolute atomic E-state index is 0.357. The smallest absolute Gasteiger partial charge is 0.463 e. The van der Waals surface area contributed by atoms with E-state index in [2.05, 4.69) is 4.98 Å². The van der Waals surface area contributed by atoms with Crippen LogP contribution >= 0.6 is 0 Å². The van der Waals surface area contributed by atoms with E-state index in [-0.39, 0.29) is 5.97 Å². The molecule has 1 fully saturated rings. The van der Waals surface area contributed by atoms with E-state index in [1.165, 1.54) is 6.08 Å². The van der Waals surface area contributed by atoms with Gasteiger partial charge in [0.1, 0.15) is 0 Å². The average molecular weight is 303 g/mol. The first-order valence-electron chi connectivity index (χ1n) is 7.40. The van der Waals surface area contributed by atoms with Crippen molar-refractivity contribution in [2.45, 2.75) is 45.8 Å². The molecule has 1 aromatic rings. The molecule has 0 saturated carbocycles. The number of esters is 1. The number of hydrogen-bond donors (Lipinski definition) is 0. The highest BCUT2D eigenvalue weighted by atomic mass is 16.7. The van der Waals surface area contributed by atoms with E-state index >= 15 is 0 Å². The molecule has 1 aliphatic rings. The summed E-state index contributed by atoms with van der Waals surface area (Å²) in [5.74, 6) is -0.372. The molecule has 0 N–H and O–H groups in total. The molecule has 0 bridgehead atoms. The molecule has 0 aromatic carbocycles. The quantitative estimate of drug-likeness (QED) is 0.483. The van der Waals surface area contributed by atoms with E-state index < -0.39 is 18.3 Å². The van der Waals surface area contributed by atoms with Gasteiger partial charge in [-0.05, 0) is 46.3 Å². The molecule has 0 aliphatic carbocycles. The van der Waals surface area contributed by atoms with Crippen molar-refractivity contribution in [1.29, 1.82) is 0 Å². The monoisotopic (exact) mass is 303 g/mol. The van der Waals surface area contributed by atoms with Gasteiger partial charge in [0.2, 0.25) is 0 Å². The number of rotatable bonds is 4. The molecular formula is C16H22BNO4. The highest BCUT2D eigenvalue weighted by Gasteiger charge is 2.51. The zero-order chi connectivity index (χ0) is 16.4. The Morgan fingerprint density at radius 2 is 1.91 bits per heavy atom. The first-order valence-corrected chi connectivity index (χ1v) is 7.40. The Morgan fingerprint density at radius 3 is 2.50 bits per heavy atom. The summed E-state index contributed by atoms with van der Waals surface area (Å²) in [5.41, 5.74) is 0.827. The lowest BCUT2D eigenvalue weighted by atomic mass is 9.80. The fourth-order valence-corrected chi connectivity index (χ4v) is 2.03. The number of nitrogens with zero attached hydrogens (tertiary/aromatic N) is 1. The summed E-state index contributed by atoms with van der Waals surface area (Å²) >= 11 is 0. The number of carbonyl (C=O) groups excluding carboxylic acids is 1. The zero-order valence-corrected chi connectivity index (χ0v) is 13.8. The van der Waals surface area contributed by atoms with Crippen molar-refractivity contribution in [2.75, 3.05) is 6.61 Å². The van der Waals surface area contributed by atoms with Crippen molar-refractivity contribution in [3.05, 3.63) is 30.1 Å². The van der Waals surface area contributed by atoms with E-state index in [0.717, 1.165) is 11.0 Å². The summed E-state index contributed by atoms with van der Waals surface area (Å²) in [6.07, 6.45) is 6.43. The number of aromatic nitrogens is 1. The van der Waals surface area contributed by atoms with Crippen molar-refractivity contribution < 1.29 is 18.8 Å². The lowest BCUT2D eigenvalue weighted by molar-refractivity contribution is -0.137. The third kappa shape index (κ3) is 3.57. The van der Waals surface area contributed by atoms with Gasteiger partial charge in [-0.3, -0.25) is 4.98 Å². The van der Waals surface area contributed by atoms with E-state index in [0.29, 0.717) is 6.61 Å². The average Bonchev–Trinajstić information content (AvgIpc) is 2.66. The number of ether oxygens (including phenoxy) is 1. The number of carbonyl (C=O) groups is 1. The van der Waals surface area contributed by atoms with Crippen LogP contribution in [0.2, 0.25) is 0 Å². The topological polar surface area (TPSA) is 57.7 Å². The Kier molecular flexibility index (Phi) is 4.73. The standard InChI is InChI=1S/C16H22BNO4/c1-6-20-14(19)8-7-12-9-13(11-18-10-12)17-21-15(2,3)16(4,5)22-17/h7-11H,6H2,1-5H3. The molecule has 1 aromatic heterocycles. The van der Waals surface area contributed by atoms with Gasteiger partial charge in [-0.2, -0.15) is 0 Å². The summed E-state index contributed by atoms with van der Waals surface area (Å²) in [6.45, 7) is 10.1. The third-order valence-electron chi connectivity index (χ3n) is 4.00. The van der Waals surface area contributed by atoms with Gasteiger partial charge in [-0.25, -0.2) is 4.79 Å². The fraction of sp³-hybridized carbons (Fsp3) is 0.500. The highest BCUT2D eigenvalue weighted by Crippen LogP contribution is 2.36. The molecule has 0 radical (unpaired) electrons. The van der Waals surface area contributed by atoms with Gasteiger partial charge in [-0.1, -0.05) is 6.07 Å². The lowest BCUT2D eigenvalue weighted by Gasteiger charge is -2.32. The molecule has 2 heterocycles. The summed E-state index contributed by atoms with van der Waals surface area (Å²) in [7, 11) is -0.464. The number of hydrogen-bond acceptors (Lipinski definition) is 5. The maximum absolute atomic E-state index is 11.3. The van der Waals surface area contributed by atoms with Crippen LogP contribution in [0.15, 0.2) is 24.5 Å². The summed E-state index contributed by atoms with van der Waals surface area (Å²) in [5, 5.41) is 0. The molecule has 1 aliphatic heterocycles. The third-order valence-corrected chi connectivity index (χ3v) is 4.00. The van der Waals surface area contributed by atoms with Crippen molar-refractivity contribution >= 4 is 24.6 Å². The second-order valence-corrected chi connectivity index (χ2v) is 6.23. The van der Waals surface area contributed by atoms with Gasteiger partial charge in [-0.15, -0.1) is 0 Å². The van der Waals surface area contributed by atoms with Crippen molar-refractivity contribution in [3.8, 4) is 0 Å². The molecular weight excluding hydrogens is 281 g/mol. The van der Waals surface area contributed by atoms with Crippen LogP contribution in [0, 0.1) is 0 Å². The maximum Gasteiger partial charge on any atom is 0.496 e. The van der Waals surface area contributed by atoms with E-state index in [4.69, 9.17) is 14.0 Å². The van der Waals surface area contributed by atoms with Crippen LogP contribution in [0.4, 0.5) is 0 Å². The summed E-state index contributed by atoms with van der Waals surface area (Å²) in [4.78, 5) is 15.5. The van der Waals surface area contributed by atoms with Gasteiger partial charge in [0.05, 0.1) is 17.8 Å². The van der Waals surface area contributed by atoms with Crippen LogP contribution in [-0.2, 0) is 18.8 Å². The molecule has 1 saturated heterocycles. The lowest BCUT2D eigenvalue weighted by Crippen LogP contribution is -2.41. The molecule has 0 spiro atoms. The van der Waals surface area contributed by atoms with Crippen LogP contribution in [-0.4, -0.2) is 35.9 Å². The van der Waals surface area contributed by atoms with Crippen LogP contribution in [0.3, 0.4) is 0 Å². The van der Waals surface area contributed by atoms with Gasteiger partial charge >= 0.3 is 13.1 Å². The predicted molar refractivity (Wildman–Crippen MR) is 85.6 cm³/mol. The van der Waals surface area contributed by atoms with Gasteiger partial charge in [0, 0.05) is 23.9 Å². The Hall–Kier alpha value is -1.66. The van der Waals surface area contributed by atoms with Crippen LogP contribution in [0.1, 0.15) is 40.2 Å². The summed E-state index contributed by atoms with van der Waals surface area (Å²) < 4.78 is 16.8. The second kappa shape index (κ2) is 6.22. The van der Waals surface area contributed by atoms with Gasteiger partial charge in [0.25, 0.3) is 0 Å². The molecule has 22 heavy (non-hydrogen) atoms. The van der Waals surface area contributed by atoms with E-state index in [9.17, 15) is 4.79 Å². The van der Waals surface area contributed by atoms with E-state index in [1.54, 1.807) is 25.4 Å². The predicted octanol–water partition coefficient (Wildman–Crippen LogP) is 1.96.